The number of aryl methyl sites for hydroxylation is 1. The lowest BCUT2D eigenvalue weighted by atomic mass is 9.86. The largest absolute Gasteiger partial charge is 0.361 e. The zero-order valence-electron chi connectivity index (χ0n) is 12.2. The van der Waals surface area contributed by atoms with Gasteiger partial charge in [-0.15, -0.1) is 0 Å². The summed E-state index contributed by atoms with van der Waals surface area (Å²) in [5.41, 5.74) is 12.4. The minimum Gasteiger partial charge on any atom is -0.361 e. The molecule has 0 aliphatic rings. The maximum Gasteiger partial charge on any atom is 0.137 e. The lowest BCUT2D eigenvalue weighted by Gasteiger charge is -2.18. The Bertz CT molecular complexity index is 644. The summed E-state index contributed by atoms with van der Waals surface area (Å²) in [7, 11) is 0. The van der Waals surface area contributed by atoms with E-state index in [1.165, 1.54) is 5.56 Å². The second-order valence-electron chi connectivity index (χ2n) is 5.78. The number of hydrogen-bond donors (Lipinski definition) is 0. The molecule has 104 valence electrons. The van der Waals surface area contributed by atoms with Gasteiger partial charge in [0.2, 0.25) is 0 Å². The van der Waals surface area contributed by atoms with Crippen LogP contribution in [0.3, 0.4) is 0 Å². The average molecular weight is 270 g/mol. The zero-order valence-corrected chi connectivity index (χ0v) is 12.2. The Labute approximate surface area is 118 Å². The van der Waals surface area contributed by atoms with Gasteiger partial charge in [0.05, 0.1) is 6.54 Å². The molecule has 0 N–H and O–H groups in total. The average Bonchev–Trinajstić information content (AvgIpc) is 2.77. The van der Waals surface area contributed by atoms with Crippen LogP contribution >= 0.6 is 0 Å². The molecule has 0 aliphatic heterocycles. The number of azide groups is 1. The molecule has 5 heteroatoms. The van der Waals surface area contributed by atoms with Crippen molar-refractivity contribution in [2.24, 2.45) is 5.11 Å². The second kappa shape index (κ2) is 5.39. The molecule has 0 spiro atoms. The fraction of sp³-hybridized carbons (Fsp3) is 0.400. The Morgan fingerprint density at radius 3 is 2.45 bits per heavy atom. The molecule has 0 radical (unpaired) electrons. The molecule has 1 aromatic heterocycles. The fourth-order valence-corrected chi connectivity index (χ4v) is 2.03. The van der Waals surface area contributed by atoms with Crippen molar-refractivity contribution >= 4 is 0 Å². The Balaban J connectivity index is 2.39. The van der Waals surface area contributed by atoms with E-state index in [1.807, 2.05) is 19.1 Å². The van der Waals surface area contributed by atoms with Gasteiger partial charge in [-0.1, -0.05) is 55.3 Å². The molecule has 0 aliphatic carbocycles. The van der Waals surface area contributed by atoms with E-state index in [0.717, 1.165) is 16.8 Å². The van der Waals surface area contributed by atoms with Crippen molar-refractivity contribution in [3.63, 3.8) is 0 Å². The minimum atomic E-state index is 0.117. The van der Waals surface area contributed by atoms with Crippen molar-refractivity contribution in [2.45, 2.75) is 39.7 Å². The van der Waals surface area contributed by atoms with Gasteiger partial charge in [0.1, 0.15) is 11.5 Å². The molecule has 0 bridgehead atoms. The third-order valence-corrected chi connectivity index (χ3v) is 3.30. The lowest BCUT2D eigenvalue weighted by Crippen LogP contribution is -2.10. The van der Waals surface area contributed by atoms with E-state index in [-0.39, 0.29) is 12.0 Å². The van der Waals surface area contributed by atoms with Crippen LogP contribution in [0.4, 0.5) is 0 Å². The molecule has 1 heterocycles. The molecular formula is C15H18N4O. The number of rotatable bonds is 3. The first kappa shape index (κ1) is 14.2. The molecule has 20 heavy (non-hydrogen) atoms. The molecule has 0 saturated carbocycles. The standard InChI is InChI=1S/C15H18N4O/c1-10-13(9-17-19-16)14(18-20-10)11-5-7-12(8-6-11)15(2,3)4/h5-8H,9H2,1-4H3. The van der Waals surface area contributed by atoms with Gasteiger partial charge in [0, 0.05) is 16.0 Å². The van der Waals surface area contributed by atoms with Crippen LogP contribution in [-0.4, -0.2) is 5.16 Å². The number of benzene rings is 1. The SMILES string of the molecule is Cc1onc(-c2ccc(C(C)(C)C)cc2)c1CN=[N+]=[N-]. The van der Waals surface area contributed by atoms with Crippen LogP contribution in [0.1, 0.15) is 37.7 Å². The highest BCUT2D eigenvalue weighted by molar-refractivity contribution is 5.63. The van der Waals surface area contributed by atoms with Gasteiger partial charge < -0.3 is 4.52 Å². The van der Waals surface area contributed by atoms with E-state index in [1.54, 1.807) is 0 Å². The van der Waals surface area contributed by atoms with Crippen molar-refractivity contribution in [3.8, 4) is 11.3 Å². The summed E-state index contributed by atoms with van der Waals surface area (Å²) in [6.07, 6.45) is 0. The van der Waals surface area contributed by atoms with Crippen molar-refractivity contribution < 1.29 is 4.52 Å². The van der Waals surface area contributed by atoms with Gasteiger partial charge in [0.15, 0.2) is 0 Å². The summed E-state index contributed by atoms with van der Waals surface area (Å²) in [4.78, 5) is 2.79. The molecule has 0 unspecified atom stereocenters. The maximum absolute atomic E-state index is 8.45. The predicted molar refractivity (Wildman–Crippen MR) is 78.2 cm³/mol. The van der Waals surface area contributed by atoms with E-state index in [2.05, 4.69) is 48.1 Å². The third-order valence-electron chi connectivity index (χ3n) is 3.30. The first-order valence-corrected chi connectivity index (χ1v) is 6.50. The van der Waals surface area contributed by atoms with Crippen LogP contribution < -0.4 is 0 Å². The van der Waals surface area contributed by atoms with Gasteiger partial charge in [-0.25, -0.2) is 0 Å². The highest BCUT2D eigenvalue weighted by Crippen LogP contribution is 2.29. The molecule has 5 nitrogen and oxygen atoms in total. The molecule has 2 aromatic rings. The fourth-order valence-electron chi connectivity index (χ4n) is 2.03. The monoisotopic (exact) mass is 270 g/mol. The second-order valence-corrected chi connectivity index (χ2v) is 5.78. The minimum absolute atomic E-state index is 0.117. The first-order valence-electron chi connectivity index (χ1n) is 6.50. The van der Waals surface area contributed by atoms with E-state index in [9.17, 15) is 0 Å². The van der Waals surface area contributed by atoms with E-state index in [0.29, 0.717) is 5.76 Å². The zero-order chi connectivity index (χ0) is 14.8. The molecule has 0 saturated heterocycles. The summed E-state index contributed by atoms with van der Waals surface area (Å²) in [6, 6.07) is 8.24. The number of nitrogens with zero attached hydrogens (tertiary/aromatic N) is 4. The number of aromatic nitrogens is 1. The van der Waals surface area contributed by atoms with Crippen molar-refractivity contribution in [3.05, 3.63) is 51.6 Å². The molecular weight excluding hydrogens is 252 g/mol. The lowest BCUT2D eigenvalue weighted by molar-refractivity contribution is 0.398. The van der Waals surface area contributed by atoms with Gasteiger partial charge in [-0.05, 0) is 23.4 Å². The van der Waals surface area contributed by atoms with Crippen LogP contribution in [0.15, 0.2) is 33.9 Å². The highest BCUT2D eigenvalue weighted by Gasteiger charge is 2.16. The quantitative estimate of drug-likeness (QED) is 0.458. The predicted octanol–water partition coefficient (Wildman–Crippen LogP) is 4.76. The summed E-state index contributed by atoms with van der Waals surface area (Å²) in [5, 5.41) is 7.67. The van der Waals surface area contributed by atoms with Crippen LogP contribution in [0.25, 0.3) is 21.7 Å². The van der Waals surface area contributed by atoms with Crippen LogP contribution in [0, 0.1) is 6.92 Å². The Hall–Kier alpha value is -2.26. The van der Waals surface area contributed by atoms with Crippen molar-refractivity contribution in [2.75, 3.05) is 0 Å². The van der Waals surface area contributed by atoms with Gasteiger partial charge in [0.25, 0.3) is 0 Å². The van der Waals surface area contributed by atoms with Crippen molar-refractivity contribution in [1.29, 1.82) is 0 Å². The Kier molecular flexibility index (Phi) is 3.81. The molecule has 2 rings (SSSR count). The highest BCUT2D eigenvalue weighted by atomic mass is 16.5. The summed E-state index contributed by atoms with van der Waals surface area (Å²) in [5.74, 6) is 0.687. The molecule has 0 atom stereocenters. The van der Waals surface area contributed by atoms with Crippen LogP contribution in [0.5, 0.6) is 0 Å². The van der Waals surface area contributed by atoms with E-state index in [4.69, 9.17) is 10.1 Å². The maximum atomic E-state index is 8.45. The molecule has 0 fully saturated rings. The van der Waals surface area contributed by atoms with E-state index < -0.39 is 0 Å². The first-order chi connectivity index (χ1) is 9.43. The van der Waals surface area contributed by atoms with Crippen LogP contribution in [0.2, 0.25) is 0 Å². The molecule has 0 amide bonds. The Morgan fingerprint density at radius 2 is 1.90 bits per heavy atom. The van der Waals surface area contributed by atoms with Gasteiger partial charge >= 0.3 is 0 Å². The Morgan fingerprint density at radius 1 is 1.25 bits per heavy atom. The smallest absolute Gasteiger partial charge is 0.137 e. The number of hydrogen-bond acceptors (Lipinski definition) is 3. The van der Waals surface area contributed by atoms with Gasteiger partial charge in [-0.2, -0.15) is 0 Å². The normalized spacial score (nSPS) is 11.2. The molecule has 1 aromatic carbocycles. The van der Waals surface area contributed by atoms with Crippen LogP contribution in [-0.2, 0) is 12.0 Å². The summed E-state index contributed by atoms with van der Waals surface area (Å²) in [6.45, 7) is 8.60. The summed E-state index contributed by atoms with van der Waals surface area (Å²) >= 11 is 0. The topological polar surface area (TPSA) is 74.8 Å². The van der Waals surface area contributed by atoms with Crippen molar-refractivity contribution in [1.82, 2.24) is 5.16 Å². The van der Waals surface area contributed by atoms with E-state index >= 15 is 0 Å². The van der Waals surface area contributed by atoms with Gasteiger partial charge in [-0.3, -0.25) is 0 Å². The third kappa shape index (κ3) is 2.83. The summed E-state index contributed by atoms with van der Waals surface area (Å²) < 4.78 is 5.21.